The number of nitrogens with two attached hydrogens (primary N) is 1. The Morgan fingerprint density at radius 3 is 2.52 bits per heavy atom. The van der Waals surface area contributed by atoms with Gasteiger partial charge in [-0.25, -0.2) is 0 Å². The van der Waals surface area contributed by atoms with Gasteiger partial charge in [0.2, 0.25) is 5.91 Å². The molecule has 4 nitrogen and oxygen atoms in total. The predicted octanol–water partition coefficient (Wildman–Crippen LogP) is 2.97. The van der Waals surface area contributed by atoms with Gasteiger partial charge in [0.05, 0.1) is 28.8 Å². The number of hydrogen-bond donors (Lipinski definition) is 2. The van der Waals surface area contributed by atoms with Crippen molar-refractivity contribution in [3.05, 3.63) is 28.8 Å². The average molecular weight is 327 g/mol. The highest BCUT2D eigenvalue weighted by molar-refractivity contribution is 7.80. The Bertz CT molecular complexity index is 579. The highest BCUT2D eigenvalue weighted by Crippen LogP contribution is 2.33. The number of ether oxygens (including phenoxy) is 1. The van der Waals surface area contributed by atoms with Crippen LogP contribution in [0.2, 0.25) is 5.02 Å². The molecule has 2 rings (SSSR count). The first kappa shape index (κ1) is 16.2. The van der Waals surface area contributed by atoms with E-state index in [-0.39, 0.29) is 34.9 Å². The molecule has 1 aromatic rings. The molecule has 1 saturated heterocycles. The number of thiocarbonyl (C=S) groups is 1. The molecule has 1 heterocycles. The van der Waals surface area contributed by atoms with E-state index in [4.69, 9.17) is 34.3 Å². The first-order chi connectivity index (χ1) is 9.81. The maximum atomic E-state index is 12.5. The fraction of sp³-hybridized carbons (Fsp3) is 0.467. The van der Waals surface area contributed by atoms with Gasteiger partial charge in [0.1, 0.15) is 4.99 Å². The van der Waals surface area contributed by atoms with Gasteiger partial charge in [-0.2, -0.15) is 0 Å². The number of benzene rings is 1. The second kappa shape index (κ2) is 6.30. The van der Waals surface area contributed by atoms with Crippen LogP contribution >= 0.6 is 23.8 Å². The molecule has 1 aliphatic rings. The van der Waals surface area contributed by atoms with Gasteiger partial charge in [-0.15, -0.1) is 0 Å². The normalized spacial score (nSPS) is 28.4. The summed E-state index contributed by atoms with van der Waals surface area (Å²) in [6.07, 6.45) is -0.0540. The zero-order valence-corrected chi connectivity index (χ0v) is 13.8. The third-order valence-corrected chi connectivity index (χ3v) is 4.62. The first-order valence-corrected chi connectivity index (χ1v) is 7.65. The highest BCUT2D eigenvalue weighted by atomic mass is 35.5. The zero-order chi connectivity index (χ0) is 15.7. The van der Waals surface area contributed by atoms with Gasteiger partial charge in [-0.05, 0) is 31.9 Å². The number of hydrogen-bond acceptors (Lipinski definition) is 3. The maximum absolute atomic E-state index is 12.5. The molecule has 0 radical (unpaired) electrons. The summed E-state index contributed by atoms with van der Waals surface area (Å²) in [6.45, 7) is 5.91. The minimum absolute atomic E-state index is 0.0641. The number of carbonyl (C=O) groups excluding carboxylic acids is 1. The first-order valence-electron chi connectivity index (χ1n) is 6.87. The lowest BCUT2D eigenvalue weighted by atomic mass is 9.89. The largest absolute Gasteiger partial charge is 0.389 e. The van der Waals surface area contributed by atoms with E-state index in [0.717, 1.165) is 0 Å². The summed E-state index contributed by atoms with van der Waals surface area (Å²) in [6, 6.07) is 5.09. The smallest absolute Gasteiger partial charge is 0.230 e. The monoisotopic (exact) mass is 326 g/mol. The van der Waals surface area contributed by atoms with E-state index in [0.29, 0.717) is 16.3 Å². The van der Waals surface area contributed by atoms with Gasteiger partial charge in [0, 0.05) is 5.56 Å². The molecule has 1 fully saturated rings. The van der Waals surface area contributed by atoms with E-state index in [2.05, 4.69) is 5.32 Å². The molecule has 0 bridgehead atoms. The van der Waals surface area contributed by atoms with Crippen molar-refractivity contribution >= 4 is 40.4 Å². The third-order valence-electron chi connectivity index (χ3n) is 4.05. The van der Waals surface area contributed by atoms with Crippen molar-refractivity contribution in [1.29, 1.82) is 0 Å². The SMILES string of the molecule is CC1OC(C)C(C(=O)Nc2cc(C(N)=S)ccc2Cl)C1C. The lowest BCUT2D eigenvalue weighted by molar-refractivity contribution is -0.121. The Morgan fingerprint density at radius 1 is 1.33 bits per heavy atom. The van der Waals surface area contributed by atoms with E-state index in [1.807, 2.05) is 20.8 Å². The number of anilines is 1. The summed E-state index contributed by atoms with van der Waals surface area (Å²) < 4.78 is 5.70. The number of amides is 1. The molecule has 1 amide bonds. The summed E-state index contributed by atoms with van der Waals surface area (Å²) in [4.78, 5) is 12.8. The van der Waals surface area contributed by atoms with Crippen LogP contribution in [-0.4, -0.2) is 23.1 Å². The molecule has 1 aromatic carbocycles. The molecule has 3 N–H and O–H groups in total. The Hall–Kier alpha value is -1.17. The lowest BCUT2D eigenvalue weighted by Gasteiger charge is -2.18. The van der Waals surface area contributed by atoms with Gasteiger partial charge in [-0.1, -0.05) is 36.8 Å². The van der Waals surface area contributed by atoms with Gasteiger partial charge in [0.15, 0.2) is 0 Å². The van der Waals surface area contributed by atoms with Crippen molar-refractivity contribution < 1.29 is 9.53 Å². The molecule has 1 aliphatic heterocycles. The Labute approximate surface area is 135 Å². The van der Waals surface area contributed by atoms with Crippen LogP contribution in [0, 0.1) is 11.8 Å². The predicted molar refractivity (Wildman–Crippen MR) is 88.6 cm³/mol. The van der Waals surface area contributed by atoms with E-state index in [9.17, 15) is 4.79 Å². The van der Waals surface area contributed by atoms with Crippen molar-refractivity contribution in [2.45, 2.75) is 33.0 Å². The van der Waals surface area contributed by atoms with E-state index < -0.39 is 0 Å². The molecule has 6 heteroatoms. The van der Waals surface area contributed by atoms with Crippen molar-refractivity contribution in [3.63, 3.8) is 0 Å². The number of halogens is 1. The number of rotatable bonds is 3. The Kier molecular flexibility index (Phi) is 4.86. The van der Waals surface area contributed by atoms with Gasteiger partial charge >= 0.3 is 0 Å². The minimum atomic E-state index is -0.204. The van der Waals surface area contributed by atoms with Gasteiger partial charge in [0.25, 0.3) is 0 Å². The minimum Gasteiger partial charge on any atom is -0.389 e. The fourth-order valence-electron chi connectivity index (χ4n) is 2.71. The van der Waals surface area contributed by atoms with Crippen molar-refractivity contribution in [2.75, 3.05) is 5.32 Å². The third kappa shape index (κ3) is 3.36. The van der Waals surface area contributed by atoms with Gasteiger partial charge in [-0.3, -0.25) is 4.79 Å². The van der Waals surface area contributed by atoms with Gasteiger partial charge < -0.3 is 15.8 Å². The summed E-state index contributed by atoms with van der Waals surface area (Å²) in [7, 11) is 0. The summed E-state index contributed by atoms with van der Waals surface area (Å²) in [5.74, 6) is -0.150. The standard InChI is InChI=1S/C15H19ClN2O2S/c1-7-8(2)20-9(3)13(7)15(19)18-12-6-10(14(17)21)4-5-11(12)16/h4-9,13H,1-3H3,(H2,17,21)(H,18,19). The Balaban J connectivity index is 2.20. The fourth-order valence-corrected chi connectivity index (χ4v) is 3.00. The van der Waals surface area contributed by atoms with Crippen molar-refractivity contribution in [1.82, 2.24) is 0 Å². The molecule has 4 atom stereocenters. The van der Waals surface area contributed by atoms with Crippen LogP contribution in [0.15, 0.2) is 18.2 Å². The van der Waals surface area contributed by atoms with E-state index in [1.165, 1.54) is 0 Å². The molecule has 4 unspecified atom stereocenters. The molecule has 21 heavy (non-hydrogen) atoms. The lowest BCUT2D eigenvalue weighted by Crippen LogP contribution is -2.32. The molecule has 0 saturated carbocycles. The molecular formula is C15H19ClN2O2S. The Morgan fingerprint density at radius 2 is 2.00 bits per heavy atom. The van der Waals surface area contributed by atoms with Crippen LogP contribution in [0.3, 0.4) is 0 Å². The molecule has 0 aliphatic carbocycles. The van der Waals surface area contributed by atoms with E-state index >= 15 is 0 Å². The van der Waals surface area contributed by atoms with Crippen LogP contribution in [0.4, 0.5) is 5.69 Å². The van der Waals surface area contributed by atoms with Crippen LogP contribution < -0.4 is 11.1 Å². The number of nitrogens with one attached hydrogen (secondary N) is 1. The van der Waals surface area contributed by atoms with Crippen molar-refractivity contribution in [3.8, 4) is 0 Å². The summed E-state index contributed by atoms with van der Waals surface area (Å²) >= 11 is 11.1. The van der Waals surface area contributed by atoms with Crippen LogP contribution in [0.1, 0.15) is 26.3 Å². The molecule has 0 aromatic heterocycles. The molecule has 114 valence electrons. The average Bonchev–Trinajstić information content (AvgIpc) is 2.65. The second-order valence-corrected chi connectivity index (χ2v) is 6.33. The second-order valence-electron chi connectivity index (χ2n) is 5.48. The summed E-state index contributed by atoms with van der Waals surface area (Å²) in [5, 5.41) is 3.32. The van der Waals surface area contributed by atoms with Crippen LogP contribution in [0.25, 0.3) is 0 Å². The summed E-state index contributed by atoms with van der Waals surface area (Å²) in [5.41, 5.74) is 6.79. The number of carbonyl (C=O) groups is 1. The van der Waals surface area contributed by atoms with E-state index in [1.54, 1.807) is 18.2 Å². The van der Waals surface area contributed by atoms with Crippen LogP contribution in [-0.2, 0) is 9.53 Å². The zero-order valence-electron chi connectivity index (χ0n) is 12.2. The van der Waals surface area contributed by atoms with Crippen LogP contribution in [0.5, 0.6) is 0 Å². The maximum Gasteiger partial charge on any atom is 0.230 e. The quantitative estimate of drug-likeness (QED) is 0.838. The topological polar surface area (TPSA) is 64.3 Å². The molecular weight excluding hydrogens is 308 g/mol. The molecule has 0 spiro atoms. The highest BCUT2D eigenvalue weighted by Gasteiger charge is 2.41. The van der Waals surface area contributed by atoms with Crippen molar-refractivity contribution in [2.24, 2.45) is 17.6 Å².